The summed E-state index contributed by atoms with van der Waals surface area (Å²) in [7, 11) is 0. The first-order chi connectivity index (χ1) is 9.15. The summed E-state index contributed by atoms with van der Waals surface area (Å²) in [5, 5.41) is 0. The Bertz CT molecular complexity index is 699. The molecule has 0 saturated heterocycles. The molecule has 0 fully saturated rings. The second kappa shape index (κ2) is 4.24. The molecule has 4 nitrogen and oxygen atoms in total. The van der Waals surface area contributed by atoms with Crippen molar-refractivity contribution in [2.24, 2.45) is 10.7 Å². The van der Waals surface area contributed by atoms with Gasteiger partial charge in [-0.1, -0.05) is 12.7 Å². The van der Waals surface area contributed by atoms with Crippen LogP contribution in [0, 0.1) is 0 Å². The van der Waals surface area contributed by atoms with Crippen LogP contribution in [0.3, 0.4) is 0 Å². The Balaban J connectivity index is 2.02. The topological polar surface area (TPSA) is 60.4 Å². The maximum Gasteiger partial charge on any atom is 0.248 e. The highest BCUT2D eigenvalue weighted by Gasteiger charge is 2.18. The van der Waals surface area contributed by atoms with Crippen LogP contribution >= 0.6 is 0 Å². The van der Waals surface area contributed by atoms with Gasteiger partial charge in [-0.3, -0.25) is 9.79 Å². The predicted molar refractivity (Wildman–Crippen MR) is 75.4 cm³/mol. The van der Waals surface area contributed by atoms with Gasteiger partial charge in [-0.05, 0) is 29.4 Å². The molecule has 1 amide bonds. The first-order valence-electron chi connectivity index (χ1n) is 5.97. The minimum absolute atomic E-state index is 0.358. The van der Waals surface area contributed by atoms with Crippen molar-refractivity contribution in [1.29, 1.82) is 0 Å². The van der Waals surface area contributed by atoms with E-state index in [1.165, 1.54) is 0 Å². The lowest BCUT2D eigenvalue weighted by Gasteiger charge is -2.15. The van der Waals surface area contributed by atoms with E-state index in [2.05, 4.69) is 11.6 Å². The van der Waals surface area contributed by atoms with Crippen LogP contribution in [-0.4, -0.2) is 16.7 Å². The van der Waals surface area contributed by atoms with Crippen molar-refractivity contribution in [3.63, 3.8) is 0 Å². The van der Waals surface area contributed by atoms with E-state index >= 15 is 0 Å². The fourth-order valence-corrected chi connectivity index (χ4v) is 2.18. The number of nitrogens with two attached hydrogens (primary N) is 1. The average Bonchev–Trinajstić information content (AvgIpc) is 2.76. The number of primary amides is 1. The van der Waals surface area contributed by atoms with Gasteiger partial charge >= 0.3 is 0 Å². The zero-order valence-corrected chi connectivity index (χ0v) is 10.3. The molecule has 94 valence electrons. The van der Waals surface area contributed by atoms with Crippen molar-refractivity contribution in [3.8, 4) is 0 Å². The Morgan fingerprint density at radius 1 is 1.42 bits per heavy atom. The van der Waals surface area contributed by atoms with Crippen molar-refractivity contribution >= 4 is 18.3 Å². The van der Waals surface area contributed by atoms with Gasteiger partial charge in [0.15, 0.2) is 0 Å². The highest BCUT2D eigenvalue weighted by atomic mass is 16.1. The number of amides is 1. The van der Waals surface area contributed by atoms with Crippen LogP contribution < -0.4 is 5.73 Å². The standard InChI is InChI=1S/C15H13N3O/c1-10(15(16)19)11-4-5-14-12(7-11)9-18-6-2-3-13(18)8-17-14/h2-6,8-9H,1,7H2,(H2,16,19). The Labute approximate surface area is 110 Å². The molecular weight excluding hydrogens is 238 g/mol. The van der Waals surface area contributed by atoms with E-state index in [-0.39, 0.29) is 0 Å². The van der Waals surface area contributed by atoms with Gasteiger partial charge < -0.3 is 10.3 Å². The summed E-state index contributed by atoms with van der Waals surface area (Å²) in [6.45, 7) is 3.73. The summed E-state index contributed by atoms with van der Waals surface area (Å²) in [5.41, 5.74) is 9.45. The molecule has 1 aliphatic carbocycles. The highest BCUT2D eigenvalue weighted by molar-refractivity contribution is 5.96. The molecule has 0 atom stereocenters. The Morgan fingerprint density at radius 2 is 2.26 bits per heavy atom. The molecule has 0 unspecified atom stereocenters. The van der Waals surface area contributed by atoms with Gasteiger partial charge in [0, 0.05) is 24.4 Å². The van der Waals surface area contributed by atoms with Gasteiger partial charge in [0.2, 0.25) is 5.91 Å². The fraction of sp³-hybridized carbons (Fsp3) is 0.0667. The molecule has 1 aromatic heterocycles. The zero-order valence-electron chi connectivity index (χ0n) is 10.3. The molecular formula is C15H13N3O. The number of rotatable bonds is 2. The predicted octanol–water partition coefficient (Wildman–Crippen LogP) is 2.02. The van der Waals surface area contributed by atoms with Gasteiger partial charge in [0.25, 0.3) is 0 Å². The number of fused-ring (bicyclic) bond motifs is 2. The lowest BCUT2D eigenvalue weighted by molar-refractivity contribution is -0.114. The largest absolute Gasteiger partial charge is 0.366 e. The van der Waals surface area contributed by atoms with Crippen LogP contribution in [0.25, 0.3) is 6.20 Å². The second-order valence-electron chi connectivity index (χ2n) is 4.52. The maximum absolute atomic E-state index is 11.2. The maximum atomic E-state index is 11.2. The van der Waals surface area contributed by atoms with Crippen LogP contribution in [-0.2, 0) is 4.79 Å². The highest BCUT2D eigenvalue weighted by Crippen LogP contribution is 2.30. The molecule has 19 heavy (non-hydrogen) atoms. The monoisotopic (exact) mass is 251 g/mol. The van der Waals surface area contributed by atoms with Crippen LogP contribution in [0.4, 0.5) is 0 Å². The molecule has 1 aromatic rings. The van der Waals surface area contributed by atoms with E-state index in [0.717, 1.165) is 22.5 Å². The second-order valence-corrected chi connectivity index (χ2v) is 4.52. The van der Waals surface area contributed by atoms with Crippen LogP contribution in [0.1, 0.15) is 12.1 Å². The summed E-state index contributed by atoms with van der Waals surface area (Å²) in [6.07, 6.45) is 10.2. The van der Waals surface area contributed by atoms with Gasteiger partial charge in [-0.15, -0.1) is 0 Å². The molecule has 0 saturated carbocycles. The number of nitrogens with zero attached hydrogens (tertiary/aromatic N) is 2. The zero-order chi connectivity index (χ0) is 13.4. The number of aliphatic imine (C=N–C) groups is 1. The van der Waals surface area contributed by atoms with E-state index in [4.69, 9.17) is 5.73 Å². The molecule has 2 aliphatic rings. The lowest BCUT2D eigenvalue weighted by atomic mass is 9.93. The summed E-state index contributed by atoms with van der Waals surface area (Å²) < 4.78 is 2.01. The number of carbonyl (C=O) groups excluding carboxylic acids is 1. The van der Waals surface area contributed by atoms with Crippen LogP contribution in [0.5, 0.6) is 0 Å². The first kappa shape index (κ1) is 11.5. The van der Waals surface area contributed by atoms with Crippen molar-refractivity contribution in [2.45, 2.75) is 6.42 Å². The van der Waals surface area contributed by atoms with Crippen LogP contribution in [0.15, 0.2) is 64.5 Å². The molecule has 2 heterocycles. The number of allylic oxidation sites excluding steroid dienone is 3. The SMILES string of the molecule is C=C(C(N)=O)C1=CC=C2N=Cc3cccn3C=C2C1. The molecule has 3 rings (SSSR count). The third kappa shape index (κ3) is 1.97. The fourth-order valence-electron chi connectivity index (χ4n) is 2.18. The van der Waals surface area contributed by atoms with Crippen molar-refractivity contribution in [1.82, 2.24) is 4.57 Å². The summed E-state index contributed by atoms with van der Waals surface area (Å²) in [6, 6.07) is 3.96. The van der Waals surface area contributed by atoms with E-state index < -0.39 is 5.91 Å². The average molecular weight is 251 g/mol. The number of hydrogen-bond donors (Lipinski definition) is 1. The van der Waals surface area contributed by atoms with Crippen molar-refractivity contribution < 1.29 is 4.79 Å². The molecule has 1 aliphatic heterocycles. The van der Waals surface area contributed by atoms with Crippen molar-refractivity contribution in [2.75, 3.05) is 0 Å². The molecule has 0 radical (unpaired) electrons. The van der Waals surface area contributed by atoms with Gasteiger partial charge in [-0.2, -0.15) is 0 Å². The third-order valence-electron chi connectivity index (χ3n) is 3.28. The minimum Gasteiger partial charge on any atom is -0.366 e. The van der Waals surface area contributed by atoms with E-state index in [0.29, 0.717) is 12.0 Å². The quantitative estimate of drug-likeness (QED) is 0.803. The van der Waals surface area contributed by atoms with Crippen molar-refractivity contribution in [3.05, 3.63) is 65.2 Å². The summed E-state index contributed by atoms with van der Waals surface area (Å²) in [5.74, 6) is -0.484. The van der Waals surface area contributed by atoms with E-state index in [1.807, 2.05) is 47.5 Å². The first-order valence-corrected chi connectivity index (χ1v) is 5.97. The molecule has 4 heteroatoms. The molecule has 0 spiro atoms. The third-order valence-corrected chi connectivity index (χ3v) is 3.28. The normalized spacial score (nSPS) is 16.5. The molecule has 0 bridgehead atoms. The molecule has 0 aromatic carbocycles. The smallest absolute Gasteiger partial charge is 0.248 e. The number of carbonyl (C=O) groups is 1. The van der Waals surface area contributed by atoms with E-state index in [1.54, 1.807) is 0 Å². The van der Waals surface area contributed by atoms with E-state index in [9.17, 15) is 4.79 Å². The number of aromatic nitrogens is 1. The van der Waals surface area contributed by atoms with Gasteiger partial charge in [0.05, 0.1) is 17.6 Å². The van der Waals surface area contributed by atoms with Gasteiger partial charge in [-0.25, -0.2) is 0 Å². The summed E-state index contributed by atoms with van der Waals surface area (Å²) in [4.78, 5) is 15.6. The summed E-state index contributed by atoms with van der Waals surface area (Å²) >= 11 is 0. The van der Waals surface area contributed by atoms with Gasteiger partial charge in [0.1, 0.15) is 0 Å². The number of hydrogen-bond acceptors (Lipinski definition) is 2. The molecule has 2 N–H and O–H groups in total. The van der Waals surface area contributed by atoms with Crippen LogP contribution in [0.2, 0.25) is 0 Å². The minimum atomic E-state index is -0.484. The Morgan fingerprint density at radius 3 is 3.05 bits per heavy atom. The lowest BCUT2D eigenvalue weighted by Crippen LogP contribution is -2.15. The Hall–Kier alpha value is -2.62. The Kier molecular flexibility index (Phi) is 2.56.